The summed E-state index contributed by atoms with van der Waals surface area (Å²) in [5.41, 5.74) is 3.24. The molecule has 0 amide bonds. The predicted molar refractivity (Wildman–Crippen MR) is 83.8 cm³/mol. The summed E-state index contributed by atoms with van der Waals surface area (Å²) in [6.07, 6.45) is 0. The van der Waals surface area contributed by atoms with E-state index in [1.807, 2.05) is 0 Å². The molecule has 0 aliphatic rings. The number of rotatable bonds is 6. The van der Waals surface area contributed by atoms with Crippen molar-refractivity contribution in [2.75, 3.05) is 5.43 Å². The van der Waals surface area contributed by atoms with Crippen LogP contribution in [0.15, 0.2) is 53.4 Å². The van der Waals surface area contributed by atoms with Gasteiger partial charge in [0.1, 0.15) is 0 Å². The van der Waals surface area contributed by atoms with E-state index in [-0.39, 0.29) is 16.2 Å². The molecule has 2 aromatic carbocycles. The van der Waals surface area contributed by atoms with Crippen molar-refractivity contribution in [2.45, 2.75) is 11.8 Å². The molecule has 120 valence electrons. The molecule has 3 N–H and O–H groups in total. The molecule has 2 rings (SSSR count). The Morgan fingerprint density at radius 2 is 1.65 bits per heavy atom. The molecule has 0 radical (unpaired) electrons. The number of Topliss-reactive ketones (excluding diaryl/α,β-unsaturated/α-hetero) is 1. The fourth-order valence-electron chi connectivity index (χ4n) is 1.76. The minimum atomic E-state index is -3.87. The van der Waals surface area contributed by atoms with Gasteiger partial charge in [0, 0.05) is 11.3 Å². The quantitative estimate of drug-likeness (QED) is 0.549. The Hall–Kier alpha value is -2.71. The normalized spacial score (nSPS) is 11.0. The number of carbonyl (C=O) groups is 2. The number of carboxylic acid groups (broad SMARTS) is 1. The maximum Gasteiger partial charge on any atom is 0.335 e. The van der Waals surface area contributed by atoms with Gasteiger partial charge in [0.25, 0.3) is 10.0 Å². The third-order valence-electron chi connectivity index (χ3n) is 3.01. The zero-order valence-electron chi connectivity index (χ0n) is 12.1. The first-order valence-corrected chi connectivity index (χ1v) is 8.00. The molecule has 2 aromatic rings. The van der Waals surface area contributed by atoms with Gasteiger partial charge in [-0.2, -0.15) is 0 Å². The van der Waals surface area contributed by atoms with Gasteiger partial charge in [-0.05, 0) is 43.3 Å². The van der Waals surface area contributed by atoms with Crippen molar-refractivity contribution in [3.8, 4) is 0 Å². The number of nitrogens with one attached hydrogen (secondary N) is 2. The van der Waals surface area contributed by atoms with Crippen LogP contribution in [0.2, 0.25) is 0 Å². The number of ketones is 1. The first kappa shape index (κ1) is 16.7. The molecule has 0 aliphatic heterocycles. The summed E-state index contributed by atoms with van der Waals surface area (Å²) < 4.78 is 24.4. The van der Waals surface area contributed by atoms with E-state index in [1.165, 1.54) is 55.5 Å². The lowest BCUT2D eigenvalue weighted by Gasteiger charge is -2.10. The van der Waals surface area contributed by atoms with Crippen molar-refractivity contribution in [1.29, 1.82) is 0 Å². The van der Waals surface area contributed by atoms with Gasteiger partial charge in [0.15, 0.2) is 5.78 Å². The van der Waals surface area contributed by atoms with Crippen molar-refractivity contribution < 1.29 is 23.1 Å². The van der Waals surface area contributed by atoms with Gasteiger partial charge in [-0.1, -0.05) is 12.1 Å². The van der Waals surface area contributed by atoms with Crippen LogP contribution in [0.25, 0.3) is 0 Å². The molecule has 0 aliphatic carbocycles. The van der Waals surface area contributed by atoms with Crippen molar-refractivity contribution in [3.63, 3.8) is 0 Å². The first-order valence-electron chi connectivity index (χ1n) is 6.52. The predicted octanol–water partition coefficient (Wildman–Crippen LogP) is 1.89. The largest absolute Gasteiger partial charge is 0.478 e. The third kappa shape index (κ3) is 4.15. The van der Waals surface area contributed by atoms with Crippen molar-refractivity contribution >= 4 is 27.5 Å². The Bertz CT molecular complexity index is 844. The summed E-state index contributed by atoms with van der Waals surface area (Å²) in [5.74, 6) is -1.31. The van der Waals surface area contributed by atoms with Gasteiger partial charge in [-0.3, -0.25) is 4.79 Å². The van der Waals surface area contributed by atoms with Crippen LogP contribution < -0.4 is 10.3 Å². The van der Waals surface area contributed by atoms with E-state index in [0.717, 1.165) is 0 Å². The Morgan fingerprint density at radius 1 is 1.00 bits per heavy atom. The summed E-state index contributed by atoms with van der Waals surface area (Å²) in [6, 6.07) is 11.2. The summed E-state index contributed by atoms with van der Waals surface area (Å²) in [4.78, 5) is 24.2. The van der Waals surface area contributed by atoms with Crippen LogP contribution in [-0.2, 0) is 10.0 Å². The molecule has 8 heteroatoms. The number of hydrogen-bond donors (Lipinski definition) is 3. The van der Waals surface area contributed by atoms with E-state index in [0.29, 0.717) is 11.3 Å². The zero-order chi connectivity index (χ0) is 17.0. The number of anilines is 1. The van der Waals surface area contributed by atoms with Crippen LogP contribution in [0.3, 0.4) is 0 Å². The Kier molecular flexibility index (Phi) is 4.77. The van der Waals surface area contributed by atoms with E-state index in [2.05, 4.69) is 10.3 Å². The summed E-state index contributed by atoms with van der Waals surface area (Å²) in [6.45, 7) is 1.35. The number of hydrogen-bond acceptors (Lipinski definition) is 5. The number of hydrazine groups is 1. The van der Waals surface area contributed by atoms with E-state index >= 15 is 0 Å². The highest BCUT2D eigenvalue weighted by molar-refractivity contribution is 7.89. The molecule has 0 saturated carbocycles. The highest BCUT2D eigenvalue weighted by Crippen LogP contribution is 2.13. The summed E-state index contributed by atoms with van der Waals surface area (Å²) in [7, 11) is -3.87. The second-order valence-corrected chi connectivity index (χ2v) is 6.38. The fraction of sp³-hybridized carbons (Fsp3) is 0.0667. The maximum atomic E-state index is 12.2. The molecule has 23 heavy (non-hydrogen) atoms. The molecular formula is C15H14N2O5S. The molecule has 0 spiro atoms. The fourth-order valence-corrected chi connectivity index (χ4v) is 2.67. The van der Waals surface area contributed by atoms with E-state index in [4.69, 9.17) is 5.11 Å². The summed E-state index contributed by atoms with van der Waals surface area (Å²) in [5, 5.41) is 8.79. The van der Waals surface area contributed by atoms with Crippen LogP contribution >= 0.6 is 0 Å². The van der Waals surface area contributed by atoms with Crippen LogP contribution in [-0.4, -0.2) is 25.3 Å². The molecule has 0 unspecified atom stereocenters. The molecule has 7 nitrogen and oxygen atoms in total. The van der Waals surface area contributed by atoms with Gasteiger partial charge in [-0.25, -0.2) is 13.2 Å². The minimum absolute atomic E-state index is 0.0557. The molecule has 0 aromatic heterocycles. The molecule has 0 bridgehead atoms. The Labute approximate surface area is 133 Å². The number of benzene rings is 2. The SMILES string of the molecule is CC(=O)c1cccc(S(=O)(=O)NNc2ccc(C(=O)O)cc2)c1. The van der Waals surface area contributed by atoms with Crippen LogP contribution in [0, 0.1) is 0 Å². The van der Waals surface area contributed by atoms with Crippen molar-refractivity contribution in [1.82, 2.24) is 4.83 Å². The van der Waals surface area contributed by atoms with E-state index < -0.39 is 16.0 Å². The third-order valence-corrected chi connectivity index (χ3v) is 4.26. The Morgan fingerprint density at radius 3 is 2.22 bits per heavy atom. The maximum absolute atomic E-state index is 12.2. The smallest absolute Gasteiger partial charge is 0.335 e. The van der Waals surface area contributed by atoms with Gasteiger partial charge < -0.3 is 10.5 Å². The van der Waals surface area contributed by atoms with E-state index in [1.54, 1.807) is 0 Å². The topological polar surface area (TPSA) is 113 Å². The van der Waals surface area contributed by atoms with Gasteiger partial charge in [-0.15, -0.1) is 4.83 Å². The second kappa shape index (κ2) is 6.59. The van der Waals surface area contributed by atoms with Gasteiger partial charge in [0.05, 0.1) is 10.5 Å². The highest BCUT2D eigenvalue weighted by atomic mass is 32.2. The van der Waals surface area contributed by atoms with Crippen molar-refractivity contribution in [2.24, 2.45) is 0 Å². The number of carbonyl (C=O) groups excluding carboxylic acids is 1. The molecular weight excluding hydrogens is 320 g/mol. The number of aromatic carboxylic acids is 1. The van der Waals surface area contributed by atoms with Crippen LogP contribution in [0.1, 0.15) is 27.6 Å². The molecule has 0 fully saturated rings. The monoisotopic (exact) mass is 334 g/mol. The van der Waals surface area contributed by atoms with Crippen LogP contribution in [0.4, 0.5) is 5.69 Å². The van der Waals surface area contributed by atoms with Crippen LogP contribution in [0.5, 0.6) is 0 Å². The lowest BCUT2D eigenvalue weighted by molar-refractivity contribution is 0.0696. The van der Waals surface area contributed by atoms with Gasteiger partial charge in [0.2, 0.25) is 0 Å². The lowest BCUT2D eigenvalue weighted by atomic mass is 10.2. The zero-order valence-corrected chi connectivity index (χ0v) is 12.9. The second-order valence-electron chi connectivity index (χ2n) is 4.70. The van der Waals surface area contributed by atoms with Gasteiger partial charge >= 0.3 is 5.97 Å². The molecule has 0 heterocycles. The van der Waals surface area contributed by atoms with E-state index in [9.17, 15) is 18.0 Å². The lowest BCUT2D eigenvalue weighted by Crippen LogP contribution is -2.29. The average Bonchev–Trinajstić information content (AvgIpc) is 2.53. The Balaban J connectivity index is 2.14. The molecule has 0 atom stereocenters. The first-order chi connectivity index (χ1) is 10.8. The molecule has 0 saturated heterocycles. The highest BCUT2D eigenvalue weighted by Gasteiger charge is 2.15. The number of carboxylic acids is 1. The summed E-state index contributed by atoms with van der Waals surface area (Å²) >= 11 is 0. The number of sulfonamides is 1. The minimum Gasteiger partial charge on any atom is -0.478 e. The standard InChI is InChI=1S/C15H14N2O5S/c1-10(18)12-3-2-4-14(9-12)23(21,22)17-16-13-7-5-11(6-8-13)15(19)20/h2-9,16-17H,1H3,(H,19,20). The average molecular weight is 334 g/mol. The van der Waals surface area contributed by atoms with Crippen molar-refractivity contribution in [3.05, 3.63) is 59.7 Å².